The summed E-state index contributed by atoms with van der Waals surface area (Å²) in [6.07, 6.45) is 6.51. The highest BCUT2D eigenvalue weighted by atomic mass is 32.2. The van der Waals surface area contributed by atoms with E-state index in [2.05, 4.69) is 12.2 Å². The Bertz CT molecular complexity index is 355. The molecule has 1 aliphatic rings. The van der Waals surface area contributed by atoms with Crippen LogP contribution in [0.15, 0.2) is 22.8 Å². The number of likely N-dealkylation sites (N-methyl/N-ethyl adjacent to an activating group) is 1. The maximum atomic E-state index is 9.74. The molecule has 0 radical (unpaired) electrons. The molecule has 1 fully saturated rings. The largest absolute Gasteiger partial charge is 0.468 e. The van der Waals surface area contributed by atoms with E-state index in [0.29, 0.717) is 5.92 Å². The molecule has 2 unspecified atom stereocenters. The van der Waals surface area contributed by atoms with Crippen LogP contribution in [0, 0.1) is 5.92 Å². The fraction of sp³-hybridized carbons (Fsp3) is 0.733. The molecule has 2 rings (SSSR count). The van der Waals surface area contributed by atoms with Crippen molar-refractivity contribution < 1.29 is 9.52 Å². The van der Waals surface area contributed by atoms with Gasteiger partial charge >= 0.3 is 0 Å². The minimum Gasteiger partial charge on any atom is -0.468 e. The fourth-order valence-electron chi connectivity index (χ4n) is 3.21. The van der Waals surface area contributed by atoms with Crippen molar-refractivity contribution in [2.24, 2.45) is 5.92 Å². The van der Waals surface area contributed by atoms with Crippen LogP contribution < -0.4 is 5.32 Å². The van der Waals surface area contributed by atoms with E-state index < -0.39 is 0 Å². The lowest BCUT2D eigenvalue weighted by Crippen LogP contribution is -2.51. The maximum Gasteiger partial charge on any atom is 0.113 e. The zero-order valence-corrected chi connectivity index (χ0v) is 12.5. The summed E-state index contributed by atoms with van der Waals surface area (Å²) in [5, 5.41) is 13.3. The third-order valence-electron chi connectivity index (χ3n) is 4.20. The number of aliphatic hydroxyl groups is 1. The second-order valence-electron chi connectivity index (χ2n) is 5.35. The lowest BCUT2D eigenvalue weighted by atomic mass is 9.86. The highest BCUT2D eigenvalue weighted by Crippen LogP contribution is 2.38. The number of hydrogen-bond acceptors (Lipinski definition) is 4. The minimum absolute atomic E-state index is 0.0139. The van der Waals surface area contributed by atoms with Crippen molar-refractivity contribution in [3.05, 3.63) is 24.2 Å². The molecule has 4 heteroatoms. The second kappa shape index (κ2) is 7.36. The van der Waals surface area contributed by atoms with E-state index in [9.17, 15) is 5.11 Å². The number of furan rings is 1. The molecule has 0 saturated heterocycles. The van der Waals surface area contributed by atoms with Gasteiger partial charge in [0.2, 0.25) is 0 Å². The van der Waals surface area contributed by atoms with Gasteiger partial charge < -0.3 is 14.8 Å². The number of thioether (sulfide) groups is 1. The van der Waals surface area contributed by atoms with E-state index in [1.54, 1.807) is 6.26 Å². The maximum absolute atomic E-state index is 9.74. The minimum atomic E-state index is -0.0139. The van der Waals surface area contributed by atoms with Gasteiger partial charge in [0.05, 0.1) is 18.6 Å². The van der Waals surface area contributed by atoms with Crippen LogP contribution in [0.3, 0.4) is 0 Å². The first-order valence-corrected chi connectivity index (χ1v) is 8.42. The number of aliphatic hydroxyl groups excluding tert-OH is 1. The Labute approximate surface area is 120 Å². The predicted molar refractivity (Wildman–Crippen MR) is 80.3 cm³/mol. The highest BCUT2D eigenvalue weighted by Gasteiger charge is 2.40. The third kappa shape index (κ3) is 3.77. The summed E-state index contributed by atoms with van der Waals surface area (Å²) < 4.78 is 5.33. The summed E-state index contributed by atoms with van der Waals surface area (Å²) in [4.78, 5) is 0. The molecule has 19 heavy (non-hydrogen) atoms. The average molecular weight is 283 g/mol. The molecule has 1 saturated carbocycles. The number of rotatable bonds is 8. The molecule has 0 spiro atoms. The van der Waals surface area contributed by atoms with Crippen molar-refractivity contribution >= 4 is 11.8 Å². The molecule has 2 N–H and O–H groups in total. The monoisotopic (exact) mass is 283 g/mol. The Morgan fingerprint density at radius 3 is 3.16 bits per heavy atom. The summed E-state index contributed by atoms with van der Waals surface area (Å²) in [6, 6.07) is 3.97. The van der Waals surface area contributed by atoms with E-state index in [1.807, 2.05) is 23.9 Å². The van der Waals surface area contributed by atoms with Gasteiger partial charge in [0.25, 0.3) is 0 Å². The van der Waals surface area contributed by atoms with Crippen molar-refractivity contribution in [1.29, 1.82) is 0 Å². The number of nitrogens with one attached hydrogen (secondary N) is 1. The smallest absolute Gasteiger partial charge is 0.113 e. The van der Waals surface area contributed by atoms with E-state index in [-0.39, 0.29) is 12.1 Å². The summed E-state index contributed by atoms with van der Waals surface area (Å²) in [5.41, 5.74) is -0.0139. The van der Waals surface area contributed by atoms with Crippen LogP contribution in [-0.2, 0) is 5.75 Å². The molecule has 1 aromatic rings. The quantitative estimate of drug-likeness (QED) is 0.720. The predicted octanol–water partition coefficient (Wildman–Crippen LogP) is 3.04. The molecule has 1 heterocycles. The van der Waals surface area contributed by atoms with Crippen molar-refractivity contribution in [3.63, 3.8) is 0 Å². The normalized spacial score (nSPS) is 26.9. The topological polar surface area (TPSA) is 45.4 Å². The Hall–Kier alpha value is -0.450. The van der Waals surface area contributed by atoms with Crippen LogP contribution in [0.2, 0.25) is 0 Å². The van der Waals surface area contributed by atoms with Gasteiger partial charge in [-0.1, -0.05) is 13.3 Å². The molecule has 0 amide bonds. The number of hydrogen-bond donors (Lipinski definition) is 2. The van der Waals surface area contributed by atoms with Crippen molar-refractivity contribution in [2.75, 3.05) is 18.9 Å². The van der Waals surface area contributed by atoms with Gasteiger partial charge in [0.15, 0.2) is 0 Å². The summed E-state index contributed by atoms with van der Waals surface area (Å²) in [7, 11) is 0. The van der Waals surface area contributed by atoms with E-state index >= 15 is 0 Å². The summed E-state index contributed by atoms with van der Waals surface area (Å²) in [5.74, 6) is 3.75. The molecular weight excluding hydrogens is 258 g/mol. The first-order valence-electron chi connectivity index (χ1n) is 7.27. The van der Waals surface area contributed by atoms with E-state index in [0.717, 1.165) is 30.2 Å². The fourth-order valence-corrected chi connectivity index (χ4v) is 4.17. The molecule has 108 valence electrons. The van der Waals surface area contributed by atoms with Gasteiger partial charge in [0, 0.05) is 5.54 Å². The lowest BCUT2D eigenvalue weighted by molar-refractivity contribution is 0.124. The zero-order valence-electron chi connectivity index (χ0n) is 11.7. The van der Waals surface area contributed by atoms with Crippen molar-refractivity contribution in [1.82, 2.24) is 5.32 Å². The van der Waals surface area contributed by atoms with E-state index in [1.165, 1.54) is 19.3 Å². The molecule has 3 nitrogen and oxygen atoms in total. The van der Waals surface area contributed by atoms with Crippen LogP contribution >= 0.6 is 11.8 Å². The van der Waals surface area contributed by atoms with Crippen LogP contribution in [0.4, 0.5) is 0 Å². The van der Waals surface area contributed by atoms with Gasteiger partial charge in [-0.15, -0.1) is 0 Å². The van der Waals surface area contributed by atoms with Gasteiger partial charge in [-0.2, -0.15) is 11.8 Å². The molecule has 1 aromatic heterocycles. The van der Waals surface area contributed by atoms with Crippen LogP contribution in [0.25, 0.3) is 0 Å². The third-order valence-corrected chi connectivity index (χ3v) is 5.22. The SMILES string of the molecule is CCNC1(CO)CCCC1CCSCc1ccco1. The van der Waals surface area contributed by atoms with E-state index in [4.69, 9.17) is 4.42 Å². The van der Waals surface area contributed by atoms with Crippen LogP contribution in [-0.4, -0.2) is 29.5 Å². The van der Waals surface area contributed by atoms with Crippen LogP contribution in [0.5, 0.6) is 0 Å². The van der Waals surface area contributed by atoms with Crippen molar-refractivity contribution in [2.45, 2.75) is 43.9 Å². The Kier molecular flexibility index (Phi) is 5.79. The molecule has 1 aliphatic carbocycles. The van der Waals surface area contributed by atoms with Gasteiger partial charge in [0.1, 0.15) is 5.76 Å². The summed E-state index contributed by atoms with van der Waals surface area (Å²) in [6.45, 7) is 3.34. The lowest BCUT2D eigenvalue weighted by Gasteiger charge is -2.35. The van der Waals surface area contributed by atoms with Gasteiger partial charge in [-0.05, 0) is 49.6 Å². The molecule has 0 aromatic carbocycles. The average Bonchev–Trinajstić information content (AvgIpc) is 3.05. The Morgan fingerprint density at radius 1 is 1.58 bits per heavy atom. The standard InChI is InChI=1S/C15H25NO2S/c1-2-16-15(12-17)8-3-5-13(15)7-10-19-11-14-6-4-9-18-14/h4,6,9,13,16-17H,2-3,5,7-8,10-12H2,1H3. The van der Waals surface area contributed by atoms with Gasteiger partial charge in [-0.3, -0.25) is 0 Å². The van der Waals surface area contributed by atoms with Crippen LogP contribution in [0.1, 0.15) is 38.4 Å². The van der Waals surface area contributed by atoms with Gasteiger partial charge in [-0.25, -0.2) is 0 Å². The summed E-state index contributed by atoms with van der Waals surface area (Å²) >= 11 is 1.92. The Balaban J connectivity index is 1.74. The molecule has 2 atom stereocenters. The highest BCUT2D eigenvalue weighted by molar-refractivity contribution is 7.98. The molecule has 0 bridgehead atoms. The van der Waals surface area contributed by atoms with Crippen molar-refractivity contribution in [3.8, 4) is 0 Å². The zero-order chi connectivity index (χ0) is 13.6. The Morgan fingerprint density at radius 2 is 2.47 bits per heavy atom. The first kappa shape index (κ1) is 14.9. The molecule has 0 aliphatic heterocycles. The first-order chi connectivity index (χ1) is 9.30. The molecular formula is C15H25NO2S. The second-order valence-corrected chi connectivity index (χ2v) is 6.46.